The molecule has 6 nitrogen and oxygen atoms in total. The number of nitrogens with one attached hydrogen (secondary N) is 1. The van der Waals surface area contributed by atoms with Crippen molar-refractivity contribution in [2.75, 3.05) is 6.54 Å². The summed E-state index contributed by atoms with van der Waals surface area (Å²) in [6.07, 6.45) is 0. The maximum Gasteiger partial charge on any atom is 0.287 e. The van der Waals surface area contributed by atoms with E-state index < -0.39 is 0 Å². The van der Waals surface area contributed by atoms with Crippen LogP contribution in [0.2, 0.25) is 0 Å². The third kappa shape index (κ3) is 3.84. The van der Waals surface area contributed by atoms with E-state index in [0.717, 1.165) is 33.2 Å². The first kappa shape index (κ1) is 18.4. The fraction of sp³-hybridized carbons (Fsp3) is 0.286. The average molecular weight is 395 g/mol. The van der Waals surface area contributed by atoms with Crippen molar-refractivity contribution in [3.05, 3.63) is 59.6 Å². The lowest BCUT2D eigenvalue weighted by atomic mass is 10.2. The Balaban J connectivity index is 1.38. The van der Waals surface area contributed by atoms with Crippen LogP contribution in [0, 0.1) is 19.8 Å². The minimum atomic E-state index is -0.215. The Morgan fingerprint density at radius 1 is 1.25 bits per heavy atom. The van der Waals surface area contributed by atoms with Gasteiger partial charge in [0.2, 0.25) is 0 Å². The second-order valence-electron chi connectivity index (χ2n) is 7.08. The van der Waals surface area contributed by atoms with E-state index in [1.54, 1.807) is 23.5 Å². The van der Waals surface area contributed by atoms with Gasteiger partial charge in [-0.1, -0.05) is 19.1 Å². The number of rotatable bonds is 6. The molecule has 1 N–H and O–H groups in total. The maximum atomic E-state index is 12.4. The van der Waals surface area contributed by atoms with Crippen molar-refractivity contribution < 1.29 is 9.21 Å². The monoisotopic (exact) mass is 394 g/mol. The van der Waals surface area contributed by atoms with Crippen LogP contribution in [0.15, 0.2) is 46.9 Å². The number of furan rings is 1. The highest BCUT2D eigenvalue weighted by Gasteiger charge is 2.16. The Morgan fingerprint density at radius 3 is 2.82 bits per heavy atom. The normalized spacial score (nSPS) is 12.4. The molecule has 0 radical (unpaired) electrons. The van der Waals surface area contributed by atoms with Crippen molar-refractivity contribution in [3.63, 3.8) is 0 Å². The molecule has 1 aromatic carbocycles. The summed E-state index contributed by atoms with van der Waals surface area (Å²) in [7, 11) is 0. The van der Waals surface area contributed by atoms with E-state index in [0.29, 0.717) is 18.1 Å². The van der Waals surface area contributed by atoms with E-state index in [4.69, 9.17) is 4.42 Å². The number of para-hydroxylation sites is 1. The van der Waals surface area contributed by atoms with Crippen LogP contribution in [0.4, 0.5) is 0 Å². The summed E-state index contributed by atoms with van der Waals surface area (Å²) in [5.41, 5.74) is 3.07. The van der Waals surface area contributed by atoms with Crippen molar-refractivity contribution in [1.82, 2.24) is 20.1 Å². The van der Waals surface area contributed by atoms with Gasteiger partial charge < -0.3 is 9.73 Å². The summed E-state index contributed by atoms with van der Waals surface area (Å²) in [6.45, 7) is 7.42. The molecule has 0 saturated carbocycles. The lowest BCUT2D eigenvalue weighted by Gasteiger charge is -2.13. The van der Waals surface area contributed by atoms with Crippen LogP contribution in [0.1, 0.15) is 28.9 Å². The first-order valence-electron chi connectivity index (χ1n) is 9.24. The van der Waals surface area contributed by atoms with Gasteiger partial charge in [0.1, 0.15) is 0 Å². The smallest absolute Gasteiger partial charge is 0.287 e. The Kier molecular flexibility index (Phi) is 5.00. The molecule has 0 aliphatic carbocycles. The first-order chi connectivity index (χ1) is 13.5. The first-order valence-corrected chi connectivity index (χ1v) is 10.1. The average Bonchev–Trinajstić information content (AvgIpc) is 3.38. The third-order valence-corrected chi connectivity index (χ3v) is 5.58. The van der Waals surface area contributed by atoms with Gasteiger partial charge in [-0.15, -0.1) is 11.3 Å². The summed E-state index contributed by atoms with van der Waals surface area (Å²) in [5.74, 6) is 0.947. The van der Waals surface area contributed by atoms with Crippen LogP contribution < -0.4 is 5.32 Å². The standard InChI is InChI=1S/C21H22N4O2S/c1-13(12-25-15(3)10-14(2)24-25)11-22-20(26)17-8-9-18(27-17)21-23-16-6-4-5-7-19(16)28-21/h4-10,13H,11-12H2,1-3H3,(H,22,26). The quantitative estimate of drug-likeness (QED) is 0.525. The van der Waals surface area contributed by atoms with Crippen LogP contribution in [0.25, 0.3) is 21.0 Å². The van der Waals surface area contributed by atoms with Crippen LogP contribution >= 0.6 is 11.3 Å². The molecule has 1 amide bonds. The lowest BCUT2D eigenvalue weighted by molar-refractivity contribution is 0.0919. The zero-order valence-electron chi connectivity index (χ0n) is 16.1. The molecule has 1 unspecified atom stereocenters. The molecule has 28 heavy (non-hydrogen) atoms. The number of hydrogen-bond acceptors (Lipinski definition) is 5. The van der Waals surface area contributed by atoms with E-state index in [1.807, 2.05) is 42.8 Å². The SMILES string of the molecule is Cc1cc(C)n(CC(C)CNC(=O)c2ccc(-c3nc4ccccc4s3)o2)n1. The Labute approximate surface area is 167 Å². The van der Waals surface area contributed by atoms with E-state index in [-0.39, 0.29) is 11.8 Å². The number of hydrogen-bond donors (Lipinski definition) is 1. The summed E-state index contributed by atoms with van der Waals surface area (Å²) in [4.78, 5) is 17.0. The van der Waals surface area contributed by atoms with Crippen molar-refractivity contribution in [2.45, 2.75) is 27.3 Å². The minimum absolute atomic E-state index is 0.215. The van der Waals surface area contributed by atoms with Crippen LogP contribution in [0.3, 0.4) is 0 Å². The van der Waals surface area contributed by atoms with Crippen molar-refractivity contribution in [3.8, 4) is 10.8 Å². The largest absolute Gasteiger partial charge is 0.448 e. The summed E-state index contributed by atoms with van der Waals surface area (Å²) < 4.78 is 8.82. The molecule has 0 spiro atoms. The van der Waals surface area contributed by atoms with Gasteiger partial charge in [-0.3, -0.25) is 9.48 Å². The van der Waals surface area contributed by atoms with Gasteiger partial charge in [0.05, 0.1) is 15.9 Å². The Hall–Kier alpha value is -2.93. The van der Waals surface area contributed by atoms with Crippen molar-refractivity contribution >= 4 is 27.5 Å². The Morgan fingerprint density at radius 2 is 2.07 bits per heavy atom. The summed E-state index contributed by atoms with van der Waals surface area (Å²) >= 11 is 1.55. The number of carbonyl (C=O) groups excluding carboxylic acids is 1. The zero-order valence-corrected chi connectivity index (χ0v) is 16.9. The molecule has 0 bridgehead atoms. The van der Waals surface area contributed by atoms with Gasteiger partial charge in [0, 0.05) is 18.8 Å². The molecule has 1 atom stereocenters. The highest BCUT2D eigenvalue weighted by Crippen LogP contribution is 2.31. The molecule has 3 heterocycles. The third-order valence-electron chi connectivity index (χ3n) is 4.53. The number of aryl methyl sites for hydroxylation is 2. The van der Waals surface area contributed by atoms with Crippen molar-refractivity contribution in [2.24, 2.45) is 5.92 Å². The van der Waals surface area contributed by atoms with Gasteiger partial charge in [-0.25, -0.2) is 4.98 Å². The Bertz CT molecular complexity index is 1090. The highest BCUT2D eigenvalue weighted by atomic mass is 32.1. The lowest BCUT2D eigenvalue weighted by Crippen LogP contribution is -2.30. The van der Waals surface area contributed by atoms with E-state index >= 15 is 0 Å². The molecular weight excluding hydrogens is 372 g/mol. The van der Waals surface area contributed by atoms with Gasteiger partial charge in [-0.2, -0.15) is 5.10 Å². The summed E-state index contributed by atoms with van der Waals surface area (Å²) in [5, 5.41) is 8.19. The summed E-state index contributed by atoms with van der Waals surface area (Å²) in [6, 6.07) is 13.5. The molecule has 0 fully saturated rings. The number of thiazole rings is 1. The molecule has 0 aliphatic heterocycles. The molecule has 0 aliphatic rings. The molecule has 4 aromatic rings. The predicted octanol–water partition coefficient (Wildman–Crippen LogP) is 4.44. The van der Waals surface area contributed by atoms with Crippen LogP contribution in [-0.4, -0.2) is 27.2 Å². The number of carbonyl (C=O) groups is 1. The van der Waals surface area contributed by atoms with Gasteiger partial charge in [0.15, 0.2) is 16.5 Å². The van der Waals surface area contributed by atoms with Gasteiger partial charge in [0.25, 0.3) is 5.91 Å². The second kappa shape index (κ2) is 7.59. The fourth-order valence-corrected chi connectivity index (χ4v) is 4.05. The number of nitrogens with zero attached hydrogens (tertiary/aromatic N) is 3. The van der Waals surface area contributed by atoms with Gasteiger partial charge in [-0.05, 0) is 50.1 Å². The van der Waals surface area contributed by atoms with Gasteiger partial charge >= 0.3 is 0 Å². The maximum absolute atomic E-state index is 12.4. The molecule has 0 saturated heterocycles. The number of fused-ring (bicyclic) bond motifs is 1. The molecule has 3 aromatic heterocycles. The molecule has 4 rings (SSSR count). The molecule has 7 heteroatoms. The zero-order chi connectivity index (χ0) is 19.7. The predicted molar refractivity (Wildman–Crippen MR) is 111 cm³/mol. The number of benzene rings is 1. The van der Waals surface area contributed by atoms with Crippen LogP contribution in [0.5, 0.6) is 0 Å². The van der Waals surface area contributed by atoms with E-state index in [2.05, 4.69) is 28.4 Å². The number of aromatic nitrogens is 3. The number of amides is 1. The minimum Gasteiger partial charge on any atom is -0.448 e. The highest BCUT2D eigenvalue weighted by molar-refractivity contribution is 7.21. The second-order valence-corrected chi connectivity index (χ2v) is 8.11. The van der Waals surface area contributed by atoms with E-state index in [1.165, 1.54) is 0 Å². The molecule has 144 valence electrons. The topological polar surface area (TPSA) is 73.0 Å². The molecular formula is C21H22N4O2S. The van der Waals surface area contributed by atoms with E-state index in [9.17, 15) is 4.79 Å². The van der Waals surface area contributed by atoms with Crippen LogP contribution in [-0.2, 0) is 6.54 Å². The van der Waals surface area contributed by atoms with Crippen molar-refractivity contribution in [1.29, 1.82) is 0 Å². The fourth-order valence-electron chi connectivity index (χ4n) is 3.13.